The lowest BCUT2D eigenvalue weighted by molar-refractivity contribution is -0.120. The maximum absolute atomic E-state index is 13.6. The first-order chi connectivity index (χ1) is 11.6. The van der Waals surface area contributed by atoms with Crippen LogP contribution in [-0.4, -0.2) is 36.5 Å². The van der Waals surface area contributed by atoms with Crippen LogP contribution in [0.5, 0.6) is 0 Å². The third-order valence-corrected chi connectivity index (χ3v) is 4.15. The average molecular weight is 327 g/mol. The van der Waals surface area contributed by atoms with Crippen LogP contribution in [0.4, 0.5) is 20.6 Å². The molecule has 0 aliphatic carbocycles. The number of urea groups is 1. The van der Waals surface area contributed by atoms with Crippen molar-refractivity contribution in [3.8, 4) is 0 Å². The molecule has 24 heavy (non-hydrogen) atoms. The normalized spacial score (nSPS) is 17.0. The molecule has 1 aliphatic rings. The standard InChI is InChI=1S/C18H18FN3O2/c1-21(18(24)20-15-10-6-5-9-14(15)19)16-11-12-22(17(16)23)13-7-3-2-4-8-13/h2-10,16H,11-12H2,1H3,(H,20,24). The van der Waals surface area contributed by atoms with Crippen LogP contribution in [0, 0.1) is 5.82 Å². The molecule has 3 rings (SSSR count). The summed E-state index contributed by atoms with van der Waals surface area (Å²) >= 11 is 0. The van der Waals surface area contributed by atoms with Crippen LogP contribution >= 0.6 is 0 Å². The Morgan fingerprint density at radius 3 is 2.54 bits per heavy atom. The summed E-state index contributed by atoms with van der Waals surface area (Å²) in [6, 6.07) is 14.2. The molecule has 0 aromatic heterocycles. The van der Waals surface area contributed by atoms with Gasteiger partial charge in [0.05, 0.1) is 5.69 Å². The summed E-state index contributed by atoms with van der Waals surface area (Å²) in [6.45, 7) is 0.546. The smallest absolute Gasteiger partial charge is 0.315 e. The second-order valence-electron chi connectivity index (χ2n) is 5.65. The van der Waals surface area contributed by atoms with Crippen molar-refractivity contribution in [2.75, 3.05) is 23.8 Å². The first-order valence-corrected chi connectivity index (χ1v) is 7.72. The van der Waals surface area contributed by atoms with E-state index in [0.717, 1.165) is 5.69 Å². The molecule has 1 atom stereocenters. The number of rotatable bonds is 3. The number of halogens is 1. The van der Waals surface area contributed by atoms with Gasteiger partial charge in [0, 0.05) is 19.3 Å². The van der Waals surface area contributed by atoms with Gasteiger partial charge in [-0.3, -0.25) is 4.79 Å². The van der Waals surface area contributed by atoms with Crippen LogP contribution in [0.1, 0.15) is 6.42 Å². The minimum Gasteiger partial charge on any atom is -0.315 e. The lowest BCUT2D eigenvalue weighted by Crippen LogP contribution is -2.44. The van der Waals surface area contributed by atoms with Gasteiger partial charge in [-0.2, -0.15) is 0 Å². The highest BCUT2D eigenvalue weighted by molar-refractivity contribution is 6.02. The van der Waals surface area contributed by atoms with Crippen molar-refractivity contribution >= 4 is 23.3 Å². The van der Waals surface area contributed by atoms with E-state index in [-0.39, 0.29) is 11.6 Å². The number of anilines is 2. The van der Waals surface area contributed by atoms with E-state index in [4.69, 9.17) is 0 Å². The van der Waals surface area contributed by atoms with E-state index in [1.165, 1.54) is 17.0 Å². The lowest BCUT2D eigenvalue weighted by Gasteiger charge is -2.24. The Morgan fingerprint density at radius 2 is 1.83 bits per heavy atom. The van der Waals surface area contributed by atoms with Crippen LogP contribution < -0.4 is 10.2 Å². The first kappa shape index (κ1) is 16.0. The van der Waals surface area contributed by atoms with Crippen molar-refractivity contribution in [3.05, 3.63) is 60.4 Å². The number of benzene rings is 2. The van der Waals surface area contributed by atoms with Gasteiger partial charge in [0.15, 0.2) is 0 Å². The van der Waals surface area contributed by atoms with Gasteiger partial charge in [-0.05, 0) is 30.7 Å². The topological polar surface area (TPSA) is 52.7 Å². The van der Waals surface area contributed by atoms with Crippen LogP contribution in [0.3, 0.4) is 0 Å². The van der Waals surface area contributed by atoms with Crippen LogP contribution in [0.2, 0.25) is 0 Å². The SMILES string of the molecule is CN(C(=O)Nc1ccccc1F)C1CCN(c2ccccc2)C1=O. The molecule has 1 N–H and O–H groups in total. The molecule has 0 saturated carbocycles. The monoisotopic (exact) mass is 327 g/mol. The summed E-state index contributed by atoms with van der Waals surface area (Å²) in [7, 11) is 1.55. The predicted octanol–water partition coefficient (Wildman–Crippen LogP) is 3.09. The summed E-state index contributed by atoms with van der Waals surface area (Å²) in [6.07, 6.45) is 0.537. The molecular formula is C18H18FN3O2. The number of hydrogen-bond acceptors (Lipinski definition) is 2. The molecule has 1 aliphatic heterocycles. The van der Waals surface area contributed by atoms with Crippen LogP contribution in [0.15, 0.2) is 54.6 Å². The average Bonchev–Trinajstić information content (AvgIpc) is 2.98. The highest BCUT2D eigenvalue weighted by Crippen LogP contribution is 2.24. The number of carbonyl (C=O) groups excluding carboxylic acids is 2. The molecule has 0 radical (unpaired) electrons. The molecule has 6 heteroatoms. The first-order valence-electron chi connectivity index (χ1n) is 7.72. The zero-order valence-electron chi connectivity index (χ0n) is 13.3. The van der Waals surface area contributed by atoms with Crippen molar-refractivity contribution in [1.29, 1.82) is 0 Å². The van der Waals surface area contributed by atoms with E-state index in [2.05, 4.69) is 5.32 Å². The van der Waals surface area contributed by atoms with E-state index in [1.807, 2.05) is 30.3 Å². The fourth-order valence-electron chi connectivity index (χ4n) is 2.80. The minimum atomic E-state index is -0.558. The highest BCUT2D eigenvalue weighted by Gasteiger charge is 2.37. The second-order valence-corrected chi connectivity index (χ2v) is 5.65. The Morgan fingerprint density at radius 1 is 1.17 bits per heavy atom. The molecule has 2 aromatic carbocycles. The third kappa shape index (κ3) is 3.08. The zero-order chi connectivity index (χ0) is 17.1. The van der Waals surface area contributed by atoms with Crippen LogP contribution in [0.25, 0.3) is 0 Å². The quantitative estimate of drug-likeness (QED) is 0.942. The van der Waals surface area contributed by atoms with Crippen molar-refractivity contribution in [2.24, 2.45) is 0 Å². The van der Waals surface area contributed by atoms with Gasteiger partial charge in [-0.25, -0.2) is 9.18 Å². The van der Waals surface area contributed by atoms with Crippen molar-refractivity contribution in [3.63, 3.8) is 0 Å². The third-order valence-electron chi connectivity index (χ3n) is 4.15. The fraction of sp³-hybridized carbons (Fsp3) is 0.222. The number of hydrogen-bond donors (Lipinski definition) is 1. The van der Waals surface area contributed by atoms with E-state index >= 15 is 0 Å². The summed E-state index contributed by atoms with van der Waals surface area (Å²) in [5, 5.41) is 2.50. The molecule has 124 valence electrons. The Bertz CT molecular complexity index is 751. The summed E-state index contributed by atoms with van der Waals surface area (Å²) in [5.41, 5.74) is 0.910. The summed E-state index contributed by atoms with van der Waals surface area (Å²) < 4.78 is 13.6. The number of amides is 3. The predicted molar refractivity (Wildman–Crippen MR) is 90.4 cm³/mol. The maximum atomic E-state index is 13.6. The molecule has 0 spiro atoms. The number of carbonyl (C=O) groups is 2. The van der Waals surface area contributed by atoms with Gasteiger partial charge >= 0.3 is 6.03 Å². The van der Waals surface area contributed by atoms with E-state index in [0.29, 0.717) is 13.0 Å². The summed E-state index contributed by atoms with van der Waals surface area (Å²) in [4.78, 5) is 27.9. The van der Waals surface area contributed by atoms with E-state index < -0.39 is 17.9 Å². The van der Waals surface area contributed by atoms with Crippen LogP contribution in [-0.2, 0) is 4.79 Å². The van der Waals surface area contributed by atoms with Gasteiger partial charge in [-0.15, -0.1) is 0 Å². The van der Waals surface area contributed by atoms with Crippen molar-refractivity contribution < 1.29 is 14.0 Å². The van der Waals surface area contributed by atoms with Gasteiger partial charge in [-0.1, -0.05) is 30.3 Å². The van der Waals surface area contributed by atoms with E-state index in [9.17, 15) is 14.0 Å². The Balaban J connectivity index is 1.69. The molecule has 1 fully saturated rings. The molecule has 5 nitrogen and oxygen atoms in total. The molecule has 1 heterocycles. The van der Waals surface area contributed by atoms with Crippen molar-refractivity contribution in [1.82, 2.24) is 4.90 Å². The molecule has 1 unspecified atom stereocenters. The molecule has 0 bridgehead atoms. The lowest BCUT2D eigenvalue weighted by atomic mass is 10.2. The van der Waals surface area contributed by atoms with Gasteiger partial charge in [0.2, 0.25) is 5.91 Å². The molecule has 2 aromatic rings. The van der Waals surface area contributed by atoms with Crippen molar-refractivity contribution in [2.45, 2.75) is 12.5 Å². The number of nitrogens with one attached hydrogen (secondary N) is 1. The Hall–Kier alpha value is -2.89. The Labute approximate surface area is 139 Å². The summed E-state index contributed by atoms with van der Waals surface area (Å²) in [5.74, 6) is -0.643. The number of para-hydroxylation sites is 2. The van der Waals surface area contributed by atoms with Gasteiger partial charge in [0.25, 0.3) is 0 Å². The number of nitrogens with zero attached hydrogens (tertiary/aromatic N) is 2. The highest BCUT2D eigenvalue weighted by atomic mass is 19.1. The molecular weight excluding hydrogens is 309 g/mol. The maximum Gasteiger partial charge on any atom is 0.322 e. The number of likely N-dealkylation sites (N-methyl/N-ethyl adjacent to an activating group) is 1. The Kier molecular flexibility index (Phi) is 4.46. The van der Waals surface area contributed by atoms with Gasteiger partial charge < -0.3 is 15.1 Å². The van der Waals surface area contributed by atoms with Gasteiger partial charge in [0.1, 0.15) is 11.9 Å². The van der Waals surface area contributed by atoms with E-state index in [1.54, 1.807) is 24.1 Å². The second kappa shape index (κ2) is 6.70. The zero-order valence-corrected chi connectivity index (χ0v) is 13.3. The largest absolute Gasteiger partial charge is 0.322 e. The molecule has 1 saturated heterocycles. The fourth-order valence-corrected chi connectivity index (χ4v) is 2.80. The molecule has 3 amide bonds. The minimum absolute atomic E-state index is 0.0970.